The molecule has 0 saturated heterocycles. The van der Waals surface area contributed by atoms with Gasteiger partial charge in [0.1, 0.15) is 11.8 Å². The Balaban J connectivity index is 1.94. The van der Waals surface area contributed by atoms with E-state index in [2.05, 4.69) is 4.99 Å². The third-order valence-electron chi connectivity index (χ3n) is 5.88. The molecule has 0 aliphatic carbocycles. The number of allylic oxidation sites excluding steroid dienone is 1. The number of rotatable bonds is 9. The van der Waals surface area contributed by atoms with Crippen molar-refractivity contribution in [2.75, 3.05) is 20.3 Å². The van der Waals surface area contributed by atoms with Crippen molar-refractivity contribution in [3.8, 4) is 17.2 Å². The SMILES string of the molecule is CCOC(=O)C1=C(C)N=c2s/c(=C/c3ccc(OCC)c(OC)c3)c(=O)n2[C@H]1c1ccccc1OC(C)C. The number of fused-ring (bicyclic) bond motifs is 1. The molecule has 0 amide bonds. The molecule has 200 valence electrons. The fourth-order valence-electron chi connectivity index (χ4n) is 4.35. The number of thiazole rings is 1. The van der Waals surface area contributed by atoms with E-state index >= 15 is 0 Å². The fraction of sp³-hybridized carbons (Fsp3) is 0.345. The van der Waals surface area contributed by atoms with Crippen molar-refractivity contribution in [3.05, 3.63) is 84.5 Å². The van der Waals surface area contributed by atoms with Crippen LogP contribution in [0.5, 0.6) is 17.2 Å². The van der Waals surface area contributed by atoms with E-state index in [1.54, 1.807) is 31.6 Å². The molecule has 1 aliphatic heterocycles. The first-order chi connectivity index (χ1) is 18.3. The lowest BCUT2D eigenvalue weighted by atomic mass is 9.95. The molecular weight excluding hydrogens is 504 g/mol. The van der Waals surface area contributed by atoms with Crippen LogP contribution in [0, 0.1) is 0 Å². The normalized spacial score (nSPS) is 15.2. The molecule has 0 radical (unpaired) electrons. The van der Waals surface area contributed by atoms with Gasteiger partial charge in [0.15, 0.2) is 16.3 Å². The van der Waals surface area contributed by atoms with Crippen molar-refractivity contribution in [2.45, 2.75) is 46.8 Å². The summed E-state index contributed by atoms with van der Waals surface area (Å²) in [7, 11) is 1.58. The zero-order valence-electron chi connectivity index (χ0n) is 22.4. The van der Waals surface area contributed by atoms with Crippen LogP contribution in [0.1, 0.15) is 51.8 Å². The highest BCUT2D eigenvalue weighted by Gasteiger charge is 2.35. The van der Waals surface area contributed by atoms with Gasteiger partial charge in [0.25, 0.3) is 5.56 Å². The highest BCUT2D eigenvalue weighted by atomic mass is 32.1. The first kappa shape index (κ1) is 27.2. The van der Waals surface area contributed by atoms with E-state index in [1.807, 2.05) is 63.2 Å². The molecule has 1 aliphatic rings. The predicted octanol–water partition coefficient (Wildman–Crippen LogP) is 3.99. The molecule has 2 heterocycles. The zero-order chi connectivity index (χ0) is 27.4. The van der Waals surface area contributed by atoms with Crippen LogP contribution in [-0.2, 0) is 9.53 Å². The molecule has 8 nitrogen and oxygen atoms in total. The van der Waals surface area contributed by atoms with E-state index < -0.39 is 12.0 Å². The van der Waals surface area contributed by atoms with Gasteiger partial charge in [-0.25, -0.2) is 9.79 Å². The lowest BCUT2D eigenvalue weighted by Gasteiger charge is -2.26. The van der Waals surface area contributed by atoms with Crippen LogP contribution < -0.4 is 29.1 Å². The van der Waals surface area contributed by atoms with Gasteiger partial charge in [-0.3, -0.25) is 9.36 Å². The average Bonchev–Trinajstić information content (AvgIpc) is 3.18. The lowest BCUT2D eigenvalue weighted by molar-refractivity contribution is -0.139. The van der Waals surface area contributed by atoms with Gasteiger partial charge >= 0.3 is 5.97 Å². The maximum Gasteiger partial charge on any atom is 0.338 e. The summed E-state index contributed by atoms with van der Waals surface area (Å²) in [5.74, 6) is 1.29. The number of carbonyl (C=O) groups excluding carboxylic acids is 1. The Morgan fingerprint density at radius 1 is 1.11 bits per heavy atom. The molecule has 3 aromatic rings. The lowest BCUT2D eigenvalue weighted by Crippen LogP contribution is -2.40. The zero-order valence-corrected chi connectivity index (χ0v) is 23.3. The van der Waals surface area contributed by atoms with E-state index in [9.17, 15) is 9.59 Å². The van der Waals surface area contributed by atoms with Crippen LogP contribution in [-0.4, -0.2) is 37.0 Å². The van der Waals surface area contributed by atoms with Gasteiger partial charge in [0.05, 0.1) is 42.2 Å². The number of ether oxygens (including phenoxy) is 4. The first-order valence-corrected chi connectivity index (χ1v) is 13.4. The summed E-state index contributed by atoms with van der Waals surface area (Å²) < 4.78 is 24.6. The van der Waals surface area contributed by atoms with Gasteiger partial charge in [-0.2, -0.15) is 0 Å². The largest absolute Gasteiger partial charge is 0.493 e. The van der Waals surface area contributed by atoms with Crippen molar-refractivity contribution in [1.29, 1.82) is 0 Å². The van der Waals surface area contributed by atoms with E-state index in [0.29, 0.717) is 50.0 Å². The van der Waals surface area contributed by atoms with Gasteiger partial charge in [0.2, 0.25) is 0 Å². The van der Waals surface area contributed by atoms with Crippen LogP contribution in [0.3, 0.4) is 0 Å². The van der Waals surface area contributed by atoms with Crippen molar-refractivity contribution in [1.82, 2.24) is 4.57 Å². The molecule has 0 N–H and O–H groups in total. The second-order valence-corrected chi connectivity index (χ2v) is 9.86. The summed E-state index contributed by atoms with van der Waals surface area (Å²) in [6, 6.07) is 12.2. The molecule has 1 aromatic heterocycles. The van der Waals surface area contributed by atoms with E-state index in [1.165, 1.54) is 11.3 Å². The molecule has 4 rings (SSSR count). The fourth-order valence-corrected chi connectivity index (χ4v) is 5.40. The summed E-state index contributed by atoms with van der Waals surface area (Å²) in [4.78, 5) is 32.2. The van der Waals surface area contributed by atoms with Crippen molar-refractivity contribution in [3.63, 3.8) is 0 Å². The van der Waals surface area contributed by atoms with Crippen LogP contribution in [0.2, 0.25) is 0 Å². The molecule has 1 atom stereocenters. The number of carbonyl (C=O) groups is 1. The van der Waals surface area contributed by atoms with Crippen LogP contribution in [0.25, 0.3) is 6.08 Å². The van der Waals surface area contributed by atoms with Crippen molar-refractivity contribution in [2.24, 2.45) is 4.99 Å². The molecular formula is C29H32N2O6S. The summed E-state index contributed by atoms with van der Waals surface area (Å²) in [5, 5.41) is 0. The summed E-state index contributed by atoms with van der Waals surface area (Å²) in [5.41, 5.74) is 2.02. The second-order valence-electron chi connectivity index (χ2n) is 8.85. The molecule has 0 bridgehead atoms. The number of hydrogen-bond acceptors (Lipinski definition) is 8. The van der Waals surface area contributed by atoms with Gasteiger partial charge in [-0.15, -0.1) is 0 Å². The number of aromatic nitrogens is 1. The van der Waals surface area contributed by atoms with Crippen LogP contribution in [0.4, 0.5) is 0 Å². The van der Waals surface area contributed by atoms with Crippen molar-refractivity contribution < 1.29 is 23.7 Å². The third-order valence-corrected chi connectivity index (χ3v) is 6.86. The highest BCUT2D eigenvalue weighted by Crippen LogP contribution is 2.36. The molecule has 9 heteroatoms. The Morgan fingerprint density at radius 3 is 2.55 bits per heavy atom. The molecule has 38 heavy (non-hydrogen) atoms. The highest BCUT2D eigenvalue weighted by molar-refractivity contribution is 7.07. The number of methoxy groups -OCH3 is 1. The maximum atomic E-state index is 13.9. The van der Waals surface area contributed by atoms with Gasteiger partial charge in [0, 0.05) is 5.56 Å². The Bertz CT molecular complexity index is 1550. The van der Waals surface area contributed by atoms with E-state index in [-0.39, 0.29) is 18.3 Å². The average molecular weight is 537 g/mol. The van der Waals surface area contributed by atoms with Gasteiger partial charge in [-0.1, -0.05) is 35.6 Å². The van der Waals surface area contributed by atoms with Crippen LogP contribution in [0.15, 0.2) is 63.5 Å². The smallest absolute Gasteiger partial charge is 0.338 e. The van der Waals surface area contributed by atoms with Gasteiger partial charge in [-0.05, 0) is 64.5 Å². The van der Waals surface area contributed by atoms with E-state index in [4.69, 9.17) is 18.9 Å². The molecule has 0 saturated carbocycles. The van der Waals surface area contributed by atoms with Crippen molar-refractivity contribution >= 4 is 23.4 Å². The maximum absolute atomic E-state index is 13.9. The molecule has 0 unspecified atom stereocenters. The summed E-state index contributed by atoms with van der Waals surface area (Å²) in [6.45, 7) is 10.00. The number of esters is 1. The first-order valence-electron chi connectivity index (χ1n) is 12.5. The molecule has 2 aromatic carbocycles. The van der Waals surface area contributed by atoms with Gasteiger partial charge < -0.3 is 18.9 Å². The second kappa shape index (κ2) is 11.7. The van der Waals surface area contributed by atoms with E-state index in [0.717, 1.165) is 5.56 Å². The number of benzene rings is 2. The monoisotopic (exact) mass is 536 g/mol. The Morgan fingerprint density at radius 2 is 1.87 bits per heavy atom. The molecule has 0 spiro atoms. The third kappa shape index (κ3) is 5.38. The Hall–Kier alpha value is -3.85. The number of para-hydroxylation sites is 1. The predicted molar refractivity (Wildman–Crippen MR) is 147 cm³/mol. The number of hydrogen-bond donors (Lipinski definition) is 0. The summed E-state index contributed by atoms with van der Waals surface area (Å²) >= 11 is 1.26. The summed E-state index contributed by atoms with van der Waals surface area (Å²) in [6.07, 6.45) is 1.69. The number of nitrogens with zero attached hydrogens (tertiary/aromatic N) is 2. The standard InChI is InChI=1S/C29H32N2O6S/c1-7-35-22-14-13-19(15-23(22)34-6)16-24-27(32)31-26(20-11-9-10-12-21(20)37-17(3)4)25(28(33)36-8-2)18(5)30-29(31)38-24/h9-17,26H,7-8H2,1-6H3/b24-16+/t26-/m0/s1. The minimum Gasteiger partial charge on any atom is -0.493 e. The van der Waals surface area contributed by atoms with Crippen LogP contribution >= 0.6 is 11.3 Å². The topological polar surface area (TPSA) is 88.4 Å². The Kier molecular flexibility index (Phi) is 8.36. The quantitative estimate of drug-likeness (QED) is 0.384. The minimum absolute atomic E-state index is 0.0993. The molecule has 0 fully saturated rings. The minimum atomic E-state index is -0.753. The Labute approximate surface area is 225 Å².